The summed E-state index contributed by atoms with van der Waals surface area (Å²) in [5.74, 6) is 0.00817. The molecule has 0 spiro atoms. The Kier molecular flexibility index (Phi) is 5.61. The summed E-state index contributed by atoms with van der Waals surface area (Å²) < 4.78 is 37.6. The number of rotatable bonds is 6. The fourth-order valence-corrected chi connectivity index (χ4v) is 1.60. The van der Waals surface area contributed by atoms with Gasteiger partial charge in [0.2, 0.25) is 0 Å². The molecule has 1 aromatic rings. The van der Waals surface area contributed by atoms with Crippen LogP contribution in [-0.2, 0) is 6.18 Å². The van der Waals surface area contributed by atoms with Crippen molar-refractivity contribution in [3.05, 3.63) is 23.4 Å². The standard InChI is InChI=1S/C13H16F3N3/c1-2-3-4-5-8-18-12-10(9-17)6-7-11(19-12)13(14,15)16/h6-7H,2-5,8H2,1H3,(H,18,19). The molecule has 104 valence electrons. The molecule has 19 heavy (non-hydrogen) atoms. The second-order valence-corrected chi connectivity index (χ2v) is 4.19. The van der Waals surface area contributed by atoms with Crippen LogP contribution in [-0.4, -0.2) is 11.5 Å². The van der Waals surface area contributed by atoms with E-state index in [1.165, 1.54) is 0 Å². The minimum atomic E-state index is -4.49. The lowest BCUT2D eigenvalue weighted by molar-refractivity contribution is -0.141. The number of alkyl halides is 3. The minimum absolute atomic E-state index is 0.00817. The molecular weight excluding hydrogens is 255 g/mol. The van der Waals surface area contributed by atoms with Crippen molar-refractivity contribution in [2.45, 2.75) is 38.8 Å². The molecule has 0 aliphatic heterocycles. The molecule has 0 saturated heterocycles. The highest BCUT2D eigenvalue weighted by Gasteiger charge is 2.33. The Hall–Kier alpha value is -1.77. The Bertz CT molecular complexity index is 449. The highest BCUT2D eigenvalue weighted by atomic mass is 19.4. The van der Waals surface area contributed by atoms with Gasteiger partial charge >= 0.3 is 6.18 Å². The molecule has 0 amide bonds. The third-order valence-corrected chi connectivity index (χ3v) is 2.63. The zero-order chi connectivity index (χ0) is 14.3. The van der Waals surface area contributed by atoms with E-state index >= 15 is 0 Å². The van der Waals surface area contributed by atoms with Crippen LogP contribution in [0.2, 0.25) is 0 Å². The van der Waals surface area contributed by atoms with Gasteiger partial charge in [-0.1, -0.05) is 26.2 Å². The Balaban J connectivity index is 2.72. The average Bonchev–Trinajstić information content (AvgIpc) is 2.37. The van der Waals surface area contributed by atoms with E-state index in [2.05, 4.69) is 17.2 Å². The van der Waals surface area contributed by atoms with Crippen LogP contribution in [0.3, 0.4) is 0 Å². The topological polar surface area (TPSA) is 48.7 Å². The van der Waals surface area contributed by atoms with Crippen molar-refractivity contribution in [2.24, 2.45) is 0 Å². The Morgan fingerprint density at radius 1 is 1.26 bits per heavy atom. The van der Waals surface area contributed by atoms with Crippen LogP contribution in [0.25, 0.3) is 0 Å². The number of hydrogen-bond donors (Lipinski definition) is 1. The lowest BCUT2D eigenvalue weighted by atomic mass is 10.2. The van der Waals surface area contributed by atoms with Crippen molar-refractivity contribution in [2.75, 3.05) is 11.9 Å². The molecule has 0 fully saturated rings. The van der Waals surface area contributed by atoms with Crippen molar-refractivity contribution in [3.8, 4) is 6.07 Å². The van der Waals surface area contributed by atoms with Crippen LogP contribution in [0.5, 0.6) is 0 Å². The predicted molar refractivity (Wildman–Crippen MR) is 66.6 cm³/mol. The first-order chi connectivity index (χ1) is 8.99. The summed E-state index contributed by atoms with van der Waals surface area (Å²) >= 11 is 0. The number of nitrogens with one attached hydrogen (secondary N) is 1. The maximum Gasteiger partial charge on any atom is 0.433 e. The van der Waals surface area contributed by atoms with Crippen molar-refractivity contribution < 1.29 is 13.2 Å². The largest absolute Gasteiger partial charge is 0.433 e. The monoisotopic (exact) mass is 271 g/mol. The molecule has 0 aliphatic carbocycles. The quantitative estimate of drug-likeness (QED) is 0.796. The number of nitriles is 1. The zero-order valence-electron chi connectivity index (χ0n) is 10.7. The summed E-state index contributed by atoms with van der Waals surface area (Å²) in [4.78, 5) is 3.47. The highest BCUT2D eigenvalue weighted by molar-refractivity contribution is 5.52. The van der Waals surface area contributed by atoms with E-state index in [0.29, 0.717) is 6.54 Å². The Morgan fingerprint density at radius 2 is 2.00 bits per heavy atom. The van der Waals surface area contributed by atoms with Crippen molar-refractivity contribution in [1.82, 2.24) is 4.98 Å². The predicted octanol–water partition coefficient (Wildman–Crippen LogP) is 3.96. The second kappa shape index (κ2) is 6.98. The molecule has 1 aromatic heterocycles. The van der Waals surface area contributed by atoms with E-state index in [1.807, 2.05) is 6.07 Å². The molecule has 0 radical (unpaired) electrons. The van der Waals surface area contributed by atoms with Gasteiger partial charge in [0, 0.05) is 6.54 Å². The molecule has 0 saturated carbocycles. The number of aromatic nitrogens is 1. The molecule has 1 rings (SSSR count). The van der Waals surface area contributed by atoms with Gasteiger partial charge in [0.1, 0.15) is 17.6 Å². The molecule has 6 heteroatoms. The SMILES string of the molecule is CCCCCCNc1nc(C(F)(F)F)ccc1C#N. The van der Waals surface area contributed by atoms with Gasteiger partial charge in [0.25, 0.3) is 0 Å². The first kappa shape index (κ1) is 15.3. The van der Waals surface area contributed by atoms with Crippen LogP contribution in [0.1, 0.15) is 43.9 Å². The summed E-state index contributed by atoms with van der Waals surface area (Å²) in [6.07, 6.45) is -0.471. The fourth-order valence-electron chi connectivity index (χ4n) is 1.60. The summed E-state index contributed by atoms with van der Waals surface area (Å²) in [7, 11) is 0. The van der Waals surface area contributed by atoms with Crippen molar-refractivity contribution in [3.63, 3.8) is 0 Å². The van der Waals surface area contributed by atoms with E-state index in [9.17, 15) is 13.2 Å². The van der Waals surface area contributed by atoms with Crippen LogP contribution in [0, 0.1) is 11.3 Å². The fraction of sp³-hybridized carbons (Fsp3) is 0.538. The number of halogens is 3. The first-order valence-electron chi connectivity index (χ1n) is 6.21. The highest BCUT2D eigenvalue weighted by Crippen LogP contribution is 2.29. The molecule has 0 atom stereocenters. The smallest absolute Gasteiger partial charge is 0.369 e. The van der Waals surface area contributed by atoms with E-state index < -0.39 is 11.9 Å². The van der Waals surface area contributed by atoms with E-state index in [4.69, 9.17) is 5.26 Å². The lowest BCUT2D eigenvalue weighted by Crippen LogP contribution is -2.12. The molecule has 0 unspecified atom stereocenters. The summed E-state index contributed by atoms with van der Waals surface area (Å²) in [6.45, 7) is 2.60. The molecule has 0 aromatic carbocycles. The molecule has 0 bridgehead atoms. The zero-order valence-corrected chi connectivity index (χ0v) is 10.7. The first-order valence-corrected chi connectivity index (χ1v) is 6.21. The molecular formula is C13H16F3N3. The number of hydrogen-bond acceptors (Lipinski definition) is 3. The van der Waals surface area contributed by atoms with Gasteiger partial charge in [-0.05, 0) is 18.6 Å². The maximum atomic E-state index is 12.5. The molecule has 1 N–H and O–H groups in total. The van der Waals surface area contributed by atoms with Crippen LogP contribution >= 0.6 is 0 Å². The van der Waals surface area contributed by atoms with Crippen LogP contribution in [0.15, 0.2) is 12.1 Å². The molecule has 0 aliphatic rings. The summed E-state index contributed by atoms with van der Waals surface area (Å²) in [6, 6.07) is 3.80. The molecule has 1 heterocycles. The van der Waals surface area contributed by atoms with Crippen molar-refractivity contribution >= 4 is 5.82 Å². The van der Waals surface area contributed by atoms with E-state index in [-0.39, 0.29) is 11.4 Å². The van der Waals surface area contributed by atoms with Gasteiger partial charge in [0.15, 0.2) is 0 Å². The number of anilines is 1. The van der Waals surface area contributed by atoms with Gasteiger partial charge in [-0.25, -0.2) is 4.98 Å². The third-order valence-electron chi connectivity index (χ3n) is 2.63. The van der Waals surface area contributed by atoms with E-state index in [1.54, 1.807) is 0 Å². The van der Waals surface area contributed by atoms with Crippen LogP contribution < -0.4 is 5.32 Å². The Morgan fingerprint density at radius 3 is 2.58 bits per heavy atom. The van der Waals surface area contributed by atoms with Crippen molar-refractivity contribution in [1.29, 1.82) is 5.26 Å². The molecule has 3 nitrogen and oxygen atoms in total. The second-order valence-electron chi connectivity index (χ2n) is 4.19. The lowest BCUT2D eigenvalue weighted by Gasteiger charge is -2.11. The average molecular weight is 271 g/mol. The normalized spacial score (nSPS) is 11.1. The minimum Gasteiger partial charge on any atom is -0.369 e. The van der Waals surface area contributed by atoms with Crippen LogP contribution in [0.4, 0.5) is 19.0 Å². The van der Waals surface area contributed by atoms with Gasteiger partial charge < -0.3 is 5.32 Å². The summed E-state index contributed by atoms with van der Waals surface area (Å²) in [5.41, 5.74) is -0.856. The maximum absolute atomic E-state index is 12.5. The van der Waals surface area contributed by atoms with Gasteiger partial charge in [0.05, 0.1) is 5.56 Å². The number of pyridine rings is 1. The Labute approximate surface area is 110 Å². The third kappa shape index (κ3) is 4.78. The van der Waals surface area contributed by atoms with Gasteiger partial charge in [-0.2, -0.15) is 18.4 Å². The summed E-state index contributed by atoms with van der Waals surface area (Å²) in [5, 5.41) is 11.6. The van der Waals surface area contributed by atoms with Gasteiger partial charge in [-0.3, -0.25) is 0 Å². The van der Waals surface area contributed by atoms with E-state index in [0.717, 1.165) is 37.8 Å². The van der Waals surface area contributed by atoms with Gasteiger partial charge in [-0.15, -0.1) is 0 Å². The number of nitrogens with zero attached hydrogens (tertiary/aromatic N) is 2. The number of unbranched alkanes of at least 4 members (excludes halogenated alkanes) is 3.